The third-order valence-corrected chi connectivity index (χ3v) is 5.10. The smallest absolute Gasteiger partial charge is 0.229 e. The van der Waals surface area contributed by atoms with Crippen LogP contribution in [0.5, 0.6) is 0 Å². The maximum atomic E-state index is 5.53. The number of rotatable bonds is 5. The molecule has 7 heteroatoms. The molecule has 4 rings (SSSR count). The van der Waals surface area contributed by atoms with E-state index >= 15 is 0 Å². The molecule has 0 aromatic carbocycles. The quantitative estimate of drug-likeness (QED) is 0.837. The van der Waals surface area contributed by atoms with Crippen LogP contribution in [0.4, 0.5) is 0 Å². The first-order valence-electron chi connectivity index (χ1n) is 9.00. The highest BCUT2D eigenvalue weighted by Gasteiger charge is 2.26. The maximum absolute atomic E-state index is 5.53. The van der Waals surface area contributed by atoms with Crippen LogP contribution in [0.25, 0.3) is 0 Å². The molecule has 0 saturated carbocycles. The molecule has 0 N–H and O–H groups in total. The third-order valence-electron chi connectivity index (χ3n) is 5.10. The second-order valence-corrected chi connectivity index (χ2v) is 6.78. The average molecular weight is 331 g/mol. The van der Waals surface area contributed by atoms with Crippen molar-refractivity contribution in [2.45, 2.75) is 57.2 Å². The van der Waals surface area contributed by atoms with Gasteiger partial charge < -0.3 is 9.26 Å². The van der Waals surface area contributed by atoms with E-state index in [4.69, 9.17) is 9.26 Å². The minimum atomic E-state index is 0.362. The number of nitrogens with zero attached hydrogens (tertiary/aromatic N) is 5. The highest BCUT2D eigenvalue weighted by molar-refractivity contribution is 4.96. The second-order valence-electron chi connectivity index (χ2n) is 6.78. The van der Waals surface area contributed by atoms with E-state index in [9.17, 15) is 0 Å². The fraction of sp³-hybridized carbons (Fsp3) is 0.706. The Labute approximate surface area is 142 Å². The lowest BCUT2D eigenvalue weighted by Crippen LogP contribution is -2.41. The Hall–Kier alpha value is -1.73. The summed E-state index contributed by atoms with van der Waals surface area (Å²) in [5.74, 6) is 1.96. The highest BCUT2D eigenvalue weighted by atomic mass is 16.5. The molecular weight excluding hydrogens is 306 g/mol. The SMILES string of the molecule is c1cnn(CC2CCCCN2Cc2noc(C3CCOCC3)n2)c1. The average Bonchev–Trinajstić information content (AvgIpc) is 3.29. The highest BCUT2D eigenvalue weighted by Crippen LogP contribution is 2.26. The zero-order chi connectivity index (χ0) is 16.2. The molecule has 2 aliphatic rings. The first-order valence-corrected chi connectivity index (χ1v) is 9.00. The van der Waals surface area contributed by atoms with E-state index in [1.165, 1.54) is 19.3 Å². The van der Waals surface area contributed by atoms with Crippen molar-refractivity contribution in [3.05, 3.63) is 30.2 Å². The molecule has 2 aromatic rings. The molecule has 130 valence electrons. The van der Waals surface area contributed by atoms with Crippen molar-refractivity contribution >= 4 is 0 Å². The Morgan fingerprint density at radius 3 is 2.92 bits per heavy atom. The normalized spacial score (nSPS) is 23.6. The largest absolute Gasteiger partial charge is 0.381 e. The third kappa shape index (κ3) is 3.67. The van der Waals surface area contributed by atoms with E-state index < -0.39 is 0 Å². The Morgan fingerprint density at radius 1 is 1.17 bits per heavy atom. The van der Waals surface area contributed by atoms with Gasteiger partial charge >= 0.3 is 0 Å². The molecule has 1 atom stereocenters. The summed E-state index contributed by atoms with van der Waals surface area (Å²) < 4.78 is 13.0. The fourth-order valence-corrected chi connectivity index (χ4v) is 3.72. The van der Waals surface area contributed by atoms with Gasteiger partial charge in [0.15, 0.2) is 5.82 Å². The summed E-state index contributed by atoms with van der Waals surface area (Å²) in [6.45, 7) is 4.37. The van der Waals surface area contributed by atoms with Crippen LogP contribution in [-0.2, 0) is 17.8 Å². The van der Waals surface area contributed by atoms with E-state index in [1.54, 1.807) is 0 Å². The van der Waals surface area contributed by atoms with Gasteiger partial charge in [-0.05, 0) is 38.3 Å². The molecule has 2 aromatic heterocycles. The van der Waals surface area contributed by atoms with Crippen molar-refractivity contribution in [3.63, 3.8) is 0 Å². The Kier molecular flexibility index (Phi) is 4.89. The van der Waals surface area contributed by atoms with Gasteiger partial charge in [-0.15, -0.1) is 0 Å². The minimum absolute atomic E-state index is 0.362. The number of hydrogen-bond acceptors (Lipinski definition) is 6. The second kappa shape index (κ2) is 7.44. The van der Waals surface area contributed by atoms with Gasteiger partial charge in [0.2, 0.25) is 5.89 Å². The Morgan fingerprint density at radius 2 is 2.08 bits per heavy atom. The predicted octanol–water partition coefficient (Wildman–Crippen LogP) is 2.21. The first-order chi connectivity index (χ1) is 11.9. The van der Waals surface area contributed by atoms with Crippen LogP contribution in [0.15, 0.2) is 23.0 Å². The number of hydrogen-bond donors (Lipinski definition) is 0. The van der Waals surface area contributed by atoms with Crippen LogP contribution < -0.4 is 0 Å². The molecule has 2 fully saturated rings. The van der Waals surface area contributed by atoms with E-state index in [2.05, 4.69) is 20.1 Å². The summed E-state index contributed by atoms with van der Waals surface area (Å²) in [7, 11) is 0. The summed E-state index contributed by atoms with van der Waals surface area (Å²) in [5.41, 5.74) is 0. The summed E-state index contributed by atoms with van der Waals surface area (Å²) in [4.78, 5) is 7.14. The number of ether oxygens (including phenoxy) is 1. The van der Waals surface area contributed by atoms with Gasteiger partial charge in [-0.25, -0.2) is 0 Å². The van der Waals surface area contributed by atoms with Gasteiger partial charge in [0.25, 0.3) is 0 Å². The molecule has 24 heavy (non-hydrogen) atoms. The van der Waals surface area contributed by atoms with Crippen LogP contribution in [0.2, 0.25) is 0 Å². The Balaban J connectivity index is 1.40. The topological polar surface area (TPSA) is 69.2 Å². The maximum Gasteiger partial charge on any atom is 0.229 e. The van der Waals surface area contributed by atoms with E-state index in [1.807, 2.05) is 23.1 Å². The summed E-state index contributed by atoms with van der Waals surface area (Å²) in [5, 5.41) is 8.57. The minimum Gasteiger partial charge on any atom is -0.381 e. The van der Waals surface area contributed by atoms with E-state index in [-0.39, 0.29) is 0 Å². The number of piperidine rings is 1. The van der Waals surface area contributed by atoms with Crippen molar-refractivity contribution < 1.29 is 9.26 Å². The zero-order valence-corrected chi connectivity index (χ0v) is 14.0. The van der Waals surface area contributed by atoms with Crippen molar-refractivity contribution in [2.24, 2.45) is 0 Å². The molecule has 4 heterocycles. The lowest BCUT2D eigenvalue weighted by molar-refractivity contribution is 0.0778. The lowest BCUT2D eigenvalue weighted by Gasteiger charge is -2.34. The van der Waals surface area contributed by atoms with Gasteiger partial charge in [-0.1, -0.05) is 11.6 Å². The van der Waals surface area contributed by atoms with E-state index in [0.717, 1.165) is 57.4 Å². The van der Waals surface area contributed by atoms with Crippen LogP contribution in [-0.4, -0.2) is 50.6 Å². The summed E-state index contributed by atoms with van der Waals surface area (Å²) in [6, 6.07) is 2.47. The molecule has 0 spiro atoms. The summed E-state index contributed by atoms with van der Waals surface area (Å²) in [6.07, 6.45) is 9.55. The molecular formula is C17H25N5O2. The van der Waals surface area contributed by atoms with Crippen molar-refractivity contribution in [3.8, 4) is 0 Å². The van der Waals surface area contributed by atoms with Crippen LogP contribution >= 0.6 is 0 Å². The lowest BCUT2D eigenvalue weighted by atomic mass is 10.0. The number of likely N-dealkylation sites (tertiary alicyclic amines) is 1. The van der Waals surface area contributed by atoms with Gasteiger partial charge in [0, 0.05) is 37.6 Å². The van der Waals surface area contributed by atoms with Gasteiger partial charge in [0.05, 0.1) is 13.1 Å². The van der Waals surface area contributed by atoms with Gasteiger partial charge in [-0.3, -0.25) is 9.58 Å². The molecule has 0 bridgehead atoms. The van der Waals surface area contributed by atoms with Crippen LogP contribution in [0.1, 0.15) is 49.7 Å². The van der Waals surface area contributed by atoms with Crippen molar-refractivity contribution in [1.82, 2.24) is 24.8 Å². The number of aromatic nitrogens is 4. The van der Waals surface area contributed by atoms with Gasteiger partial charge in [0.1, 0.15) is 0 Å². The standard InChI is InChI=1S/C17H25N5O2/c1-2-8-21(15(4-1)12-22-9-3-7-18-22)13-16-19-17(24-20-16)14-5-10-23-11-6-14/h3,7,9,14-15H,1-2,4-6,8,10-13H2. The molecule has 2 aliphatic heterocycles. The molecule has 0 aliphatic carbocycles. The molecule has 0 amide bonds. The Bertz CT molecular complexity index is 621. The molecule has 2 saturated heterocycles. The first kappa shape index (κ1) is 15.8. The summed E-state index contributed by atoms with van der Waals surface area (Å²) >= 11 is 0. The van der Waals surface area contributed by atoms with E-state index in [0.29, 0.717) is 12.0 Å². The monoisotopic (exact) mass is 331 g/mol. The molecule has 0 radical (unpaired) electrons. The van der Waals surface area contributed by atoms with Crippen molar-refractivity contribution in [1.29, 1.82) is 0 Å². The van der Waals surface area contributed by atoms with Gasteiger partial charge in [-0.2, -0.15) is 10.1 Å². The molecule has 1 unspecified atom stereocenters. The van der Waals surface area contributed by atoms with Crippen LogP contribution in [0.3, 0.4) is 0 Å². The molecule has 7 nitrogen and oxygen atoms in total. The predicted molar refractivity (Wildman–Crippen MR) is 87.4 cm³/mol. The van der Waals surface area contributed by atoms with Crippen molar-refractivity contribution in [2.75, 3.05) is 19.8 Å². The van der Waals surface area contributed by atoms with Crippen LogP contribution in [0, 0.1) is 0 Å². The fourth-order valence-electron chi connectivity index (χ4n) is 3.72. The zero-order valence-electron chi connectivity index (χ0n) is 14.0.